The van der Waals surface area contributed by atoms with Crippen LogP contribution in [0.2, 0.25) is 0 Å². The molecule has 16 heavy (non-hydrogen) atoms. The van der Waals surface area contributed by atoms with Gasteiger partial charge in [0.05, 0.1) is 5.01 Å². The van der Waals surface area contributed by atoms with Gasteiger partial charge in [-0.25, -0.2) is 4.98 Å². The first-order valence-corrected chi connectivity index (χ1v) is 6.34. The first-order valence-electron chi connectivity index (χ1n) is 5.52. The third kappa shape index (κ3) is 2.80. The molecule has 1 aromatic heterocycles. The second-order valence-electron chi connectivity index (χ2n) is 4.28. The van der Waals surface area contributed by atoms with Crippen LogP contribution in [0.25, 0.3) is 0 Å². The van der Waals surface area contributed by atoms with Crippen LogP contribution in [0.1, 0.15) is 35.2 Å². The number of rotatable bonds is 3. The Morgan fingerprint density at radius 2 is 2.56 bits per heavy atom. The van der Waals surface area contributed by atoms with E-state index in [1.54, 1.807) is 11.3 Å². The summed E-state index contributed by atoms with van der Waals surface area (Å²) < 4.78 is 0. The molecule has 5 heteroatoms. The van der Waals surface area contributed by atoms with Crippen LogP contribution in [0.3, 0.4) is 0 Å². The molecule has 0 saturated carbocycles. The average molecular weight is 240 g/mol. The van der Waals surface area contributed by atoms with Gasteiger partial charge in [0.15, 0.2) is 0 Å². The van der Waals surface area contributed by atoms with E-state index in [4.69, 9.17) is 5.11 Å². The van der Waals surface area contributed by atoms with Crippen molar-refractivity contribution in [3.8, 4) is 0 Å². The van der Waals surface area contributed by atoms with Crippen molar-refractivity contribution in [2.45, 2.75) is 32.2 Å². The van der Waals surface area contributed by atoms with Crippen LogP contribution in [0, 0.1) is 12.8 Å². The monoisotopic (exact) mass is 240 g/mol. The third-order valence-corrected chi connectivity index (χ3v) is 3.98. The van der Waals surface area contributed by atoms with Crippen molar-refractivity contribution in [1.29, 1.82) is 0 Å². The molecule has 0 spiro atoms. The largest absolute Gasteiger partial charge is 0.481 e. The maximum Gasteiger partial charge on any atom is 0.303 e. The van der Waals surface area contributed by atoms with Gasteiger partial charge in [-0.15, -0.1) is 11.3 Å². The van der Waals surface area contributed by atoms with Crippen LogP contribution < -0.4 is 5.32 Å². The number of aliphatic carboxylic acids is 1. The maximum atomic E-state index is 10.7. The smallest absolute Gasteiger partial charge is 0.303 e. The summed E-state index contributed by atoms with van der Waals surface area (Å²) in [5.41, 5.74) is 0. The number of aromatic nitrogens is 1. The Labute approximate surface area is 98.7 Å². The Balaban J connectivity index is 1.99. The molecule has 0 amide bonds. The van der Waals surface area contributed by atoms with Gasteiger partial charge in [-0.2, -0.15) is 0 Å². The van der Waals surface area contributed by atoms with E-state index in [9.17, 15) is 4.79 Å². The van der Waals surface area contributed by atoms with Crippen molar-refractivity contribution in [3.63, 3.8) is 0 Å². The molecule has 0 aliphatic carbocycles. The van der Waals surface area contributed by atoms with Gasteiger partial charge in [0.2, 0.25) is 0 Å². The molecule has 0 aromatic carbocycles. The first-order chi connectivity index (χ1) is 7.65. The van der Waals surface area contributed by atoms with E-state index in [1.165, 1.54) is 4.88 Å². The number of carboxylic acids is 1. The van der Waals surface area contributed by atoms with E-state index >= 15 is 0 Å². The maximum absolute atomic E-state index is 10.7. The van der Waals surface area contributed by atoms with E-state index in [0.717, 1.165) is 24.4 Å². The molecule has 2 heterocycles. The molecular weight excluding hydrogens is 224 g/mol. The lowest BCUT2D eigenvalue weighted by molar-refractivity contribution is -0.138. The van der Waals surface area contributed by atoms with E-state index < -0.39 is 5.97 Å². The van der Waals surface area contributed by atoms with Crippen molar-refractivity contribution in [3.05, 3.63) is 16.1 Å². The van der Waals surface area contributed by atoms with Gasteiger partial charge in [0.1, 0.15) is 0 Å². The molecule has 4 nitrogen and oxygen atoms in total. The molecular formula is C11H16N2O2S. The summed E-state index contributed by atoms with van der Waals surface area (Å²) >= 11 is 1.69. The van der Waals surface area contributed by atoms with Crippen LogP contribution in [0.15, 0.2) is 6.20 Å². The highest BCUT2D eigenvalue weighted by Gasteiger charge is 2.25. The van der Waals surface area contributed by atoms with Crippen molar-refractivity contribution < 1.29 is 9.90 Å². The molecule has 0 radical (unpaired) electrons. The molecule has 1 aliphatic heterocycles. The number of piperidine rings is 1. The highest BCUT2D eigenvalue weighted by Crippen LogP contribution is 2.31. The Morgan fingerprint density at radius 1 is 1.75 bits per heavy atom. The summed E-state index contributed by atoms with van der Waals surface area (Å²) in [4.78, 5) is 16.2. The fourth-order valence-corrected chi connectivity index (χ4v) is 3.06. The number of nitrogens with zero attached hydrogens (tertiary/aromatic N) is 1. The quantitative estimate of drug-likeness (QED) is 0.848. The molecule has 1 saturated heterocycles. The fraction of sp³-hybridized carbons (Fsp3) is 0.636. The predicted molar refractivity (Wildman–Crippen MR) is 62.6 cm³/mol. The summed E-state index contributed by atoms with van der Waals surface area (Å²) in [7, 11) is 0. The Hall–Kier alpha value is -0.940. The van der Waals surface area contributed by atoms with E-state index in [2.05, 4.69) is 10.3 Å². The van der Waals surface area contributed by atoms with Crippen molar-refractivity contribution in [1.82, 2.24) is 10.3 Å². The Kier molecular flexibility index (Phi) is 3.56. The SMILES string of the molecule is Cc1ncc(C2CC(CC(=O)O)CCN2)s1. The van der Waals surface area contributed by atoms with Gasteiger partial charge < -0.3 is 10.4 Å². The van der Waals surface area contributed by atoms with Crippen molar-refractivity contribution in [2.24, 2.45) is 5.92 Å². The minimum Gasteiger partial charge on any atom is -0.481 e. The summed E-state index contributed by atoms with van der Waals surface area (Å²) in [6, 6.07) is 0.296. The van der Waals surface area contributed by atoms with Gasteiger partial charge in [0, 0.05) is 23.5 Å². The first kappa shape index (κ1) is 11.5. The summed E-state index contributed by atoms with van der Waals surface area (Å²) in [5, 5.41) is 13.3. The van der Waals surface area contributed by atoms with Crippen LogP contribution in [-0.4, -0.2) is 22.6 Å². The molecule has 1 fully saturated rings. The topological polar surface area (TPSA) is 62.2 Å². The summed E-state index contributed by atoms with van der Waals surface area (Å²) in [5.74, 6) is -0.391. The number of carbonyl (C=O) groups is 1. The van der Waals surface area contributed by atoms with E-state index in [0.29, 0.717) is 12.0 Å². The van der Waals surface area contributed by atoms with Gasteiger partial charge in [0.25, 0.3) is 0 Å². The lowest BCUT2D eigenvalue weighted by Gasteiger charge is -2.28. The zero-order chi connectivity index (χ0) is 11.5. The lowest BCUT2D eigenvalue weighted by atomic mass is 9.89. The molecule has 2 unspecified atom stereocenters. The van der Waals surface area contributed by atoms with Gasteiger partial charge in [-0.3, -0.25) is 4.79 Å². The minimum absolute atomic E-state index is 0.288. The van der Waals surface area contributed by atoms with Crippen LogP contribution in [-0.2, 0) is 4.79 Å². The minimum atomic E-state index is -0.689. The zero-order valence-corrected chi connectivity index (χ0v) is 10.1. The highest BCUT2D eigenvalue weighted by atomic mass is 32.1. The second kappa shape index (κ2) is 4.93. The predicted octanol–water partition coefficient (Wildman–Crippen LogP) is 1.97. The fourth-order valence-electron chi connectivity index (χ4n) is 2.18. The Bertz CT molecular complexity index is 378. The van der Waals surface area contributed by atoms with Crippen molar-refractivity contribution >= 4 is 17.3 Å². The zero-order valence-electron chi connectivity index (χ0n) is 9.27. The van der Waals surface area contributed by atoms with Crippen LogP contribution in [0.5, 0.6) is 0 Å². The molecule has 0 bridgehead atoms. The van der Waals surface area contributed by atoms with Crippen LogP contribution in [0.4, 0.5) is 0 Å². The van der Waals surface area contributed by atoms with Crippen LogP contribution >= 0.6 is 11.3 Å². The molecule has 1 aliphatic rings. The number of aryl methyl sites for hydroxylation is 1. The summed E-state index contributed by atoms with van der Waals surface area (Å²) in [6.07, 6.45) is 4.06. The normalized spacial score (nSPS) is 25.6. The molecule has 2 rings (SSSR count). The average Bonchev–Trinajstić information content (AvgIpc) is 2.64. The standard InChI is InChI=1S/C11H16N2O2S/c1-7-13-6-10(16-7)9-4-8(2-3-12-9)5-11(14)15/h6,8-9,12H,2-5H2,1H3,(H,14,15). The molecule has 2 atom stereocenters. The van der Waals surface area contributed by atoms with Gasteiger partial charge in [-0.1, -0.05) is 0 Å². The lowest BCUT2D eigenvalue weighted by Crippen LogP contribution is -2.32. The third-order valence-electron chi connectivity index (χ3n) is 2.96. The Morgan fingerprint density at radius 3 is 3.19 bits per heavy atom. The molecule has 1 aromatic rings. The van der Waals surface area contributed by atoms with Crippen molar-refractivity contribution in [2.75, 3.05) is 6.54 Å². The van der Waals surface area contributed by atoms with E-state index in [1.807, 2.05) is 13.1 Å². The number of carboxylic acid groups (broad SMARTS) is 1. The summed E-state index contributed by atoms with van der Waals surface area (Å²) in [6.45, 7) is 2.89. The molecule has 2 N–H and O–H groups in total. The number of thiazole rings is 1. The van der Waals surface area contributed by atoms with Gasteiger partial charge >= 0.3 is 5.97 Å². The van der Waals surface area contributed by atoms with Gasteiger partial charge in [-0.05, 0) is 32.2 Å². The number of nitrogens with one attached hydrogen (secondary N) is 1. The second-order valence-corrected chi connectivity index (χ2v) is 5.54. The number of hydrogen-bond acceptors (Lipinski definition) is 4. The highest BCUT2D eigenvalue weighted by molar-refractivity contribution is 7.11. The number of hydrogen-bond donors (Lipinski definition) is 2. The molecule has 88 valence electrons. The van der Waals surface area contributed by atoms with E-state index in [-0.39, 0.29) is 6.42 Å².